The molecule has 0 unspecified atom stereocenters. The zero-order valence-corrected chi connectivity index (χ0v) is 58.0. The van der Waals surface area contributed by atoms with Crippen molar-refractivity contribution in [2.75, 3.05) is 66.1 Å². The van der Waals surface area contributed by atoms with Gasteiger partial charge in [0.25, 0.3) is 0 Å². The zero-order chi connectivity index (χ0) is 68.0. The Kier molecular flexibility index (Phi) is 35.6. The Morgan fingerprint density at radius 3 is 0.745 bits per heavy atom. The molecule has 0 amide bonds. The highest BCUT2D eigenvalue weighted by Crippen LogP contribution is 2.42. The van der Waals surface area contributed by atoms with E-state index in [1.54, 1.807) is 27.7 Å². The number of ether oxygens (including phenoxy) is 10. The molecular weight excluding hydrogens is 1190 g/mol. The van der Waals surface area contributed by atoms with Gasteiger partial charge in [-0.05, 0) is 146 Å². The molecule has 0 N–H and O–H groups in total. The van der Waals surface area contributed by atoms with E-state index in [1.165, 1.54) is 0 Å². The summed E-state index contributed by atoms with van der Waals surface area (Å²) in [4.78, 5) is 76.5. The molecule has 4 aromatic rings. The summed E-state index contributed by atoms with van der Waals surface area (Å²) in [6.45, 7) is 22.9. The van der Waals surface area contributed by atoms with E-state index in [1.807, 2.05) is 0 Å². The molecule has 0 radical (unpaired) electrons. The highest BCUT2D eigenvalue weighted by atomic mass is 16.6. The lowest BCUT2D eigenvalue weighted by molar-refractivity contribution is -0.156. The van der Waals surface area contributed by atoms with Crippen LogP contribution < -0.4 is 18.9 Å². The van der Waals surface area contributed by atoms with E-state index in [0.29, 0.717) is 48.7 Å². The number of carbonyl (C=O) groups is 6. The van der Waals surface area contributed by atoms with Crippen LogP contribution in [0.15, 0.2) is 72.8 Å². The largest absolute Gasteiger partial charge is 0.489 e. The molecule has 1 aliphatic carbocycles. The molecule has 0 atom stereocenters. The summed E-state index contributed by atoms with van der Waals surface area (Å²) in [5, 5.41) is 0. The van der Waals surface area contributed by atoms with Crippen molar-refractivity contribution in [2.24, 2.45) is 0 Å². The summed E-state index contributed by atoms with van der Waals surface area (Å²) in [7, 11) is 0. The molecule has 0 aromatic heterocycles. The predicted molar refractivity (Wildman–Crippen MR) is 366 cm³/mol. The van der Waals surface area contributed by atoms with Crippen molar-refractivity contribution in [3.8, 4) is 23.0 Å². The van der Waals surface area contributed by atoms with Gasteiger partial charge in [0.1, 0.15) is 88.7 Å². The Labute approximate surface area is 560 Å². The Hall–Kier alpha value is -7.62. The number of hydrogen-bond acceptors (Lipinski definition) is 16. The topological polar surface area (TPSA) is 195 Å². The molecule has 16 nitrogen and oxygen atoms in total. The van der Waals surface area contributed by atoms with Gasteiger partial charge in [-0.15, -0.1) is 0 Å². The van der Waals surface area contributed by atoms with Gasteiger partial charge < -0.3 is 47.4 Å². The van der Waals surface area contributed by atoms with E-state index in [9.17, 15) is 28.8 Å². The number of esters is 6. The number of hydrogen-bond donors (Lipinski definition) is 0. The summed E-state index contributed by atoms with van der Waals surface area (Å²) >= 11 is 0. The summed E-state index contributed by atoms with van der Waals surface area (Å²) in [6.07, 6.45) is 20.3. The molecule has 0 fully saturated rings. The van der Waals surface area contributed by atoms with E-state index < -0.39 is 48.7 Å². The Morgan fingerprint density at radius 1 is 0.309 bits per heavy atom. The Balaban J connectivity index is 1.92. The first-order valence-corrected chi connectivity index (χ1v) is 34.9. The molecule has 0 saturated heterocycles. The number of carbonyl (C=O) groups excluding carboxylic acids is 6. The van der Waals surface area contributed by atoms with Gasteiger partial charge in [0.05, 0.1) is 13.2 Å². The number of rotatable bonds is 44. The zero-order valence-electron chi connectivity index (χ0n) is 58.0. The van der Waals surface area contributed by atoms with Crippen LogP contribution in [0.3, 0.4) is 0 Å². The average Bonchev–Trinajstić information content (AvgIpc) is 0.786. The second-order valence-corrected chi connectivity index (χ2v) is 24.6. The van der Waals surface area contributed by atoms with Crippen LogP contribution in [-0.2, 0) is 109 Å². The minimum atomic E-state index is -0.721. The molecule has 0 saturated carbocycles. The first-order chi connectivity index (χ1) is 45.5. The van der Waals surface area contributed by atoms with Crippen LogP contribution in [0.2, 0.25) is 0 Å². The van der Waals surface area contributed by atoms with Crippen molar-refractivity contribution >= 4 is 35.8 Å². The van der Waals surface area contributed by atoms with Gasteiger partial charge in [-0.25, -0.2) is 9.59 Å². The van der Waals surface area contributed by atoms with Gasteiger partial charge in [0.15, 0.2) is 0 Å². The maximum Gasteiger partial charge on any atom is 0.333 e. The second kappa shape index (κ2) is 43.4. The maximum atomic E-state index is 13.0. The van der Waals surface area contributed by atoms with Crippen LogP contribution in [0.5, 0.6) is 23.0 Å². The lowest BCUT2D eigenvalue weighted by atomic mass is 9.87. The first kappa shape index (κ1) is 77.1. The summed E-state index contributed by atoms with van der Waals surface area (Å²) < 4.78 is 60.7. The summed E-state index contributed by atoms with van der Waals surface area (Å²) in [5.41, 5.74) is 12.1. The lowest BCUT2D eigenvalue weighted by Crippen LogP contribution is -2.18. The van der Waals surface area contributed by atoms with Crippen molar-refractivity contribution < 1.29 is 76.1 Å². The van der Waals surface area contributed by atoms with Crippen molar-refractivity contribution in [3.63, 3.8) is 0 Å². The smallest absolute Gasteiger partial charge is 0.333 e. The minimum absolute atomic E-state index is 0.0337. The fourth-order valence-electron chi connectivity index (χ4n) is 11.7. The molecule has 0 spiro atoms. The normalized spacial score (nSPS) is 11.7. The molecule has 0 heterocycles. The van der Waals surface area contributed by atoms with E-state index in [2.05, 4.69) is 89.4 Å². The van der Waals surface area contributed by atoms with Crippen molar-refractivity contribution in [2.45, 2.75) is 222 Å². The van der Waals surface area contributed by atoms with Gasteiger partial charge in [-0.3, -0.25) is 19.2 Å². The standard InChI is InChI=1S/C78H108O16/c1-11-17-21-25-29-57-41-61-49-65-45-59(31-27-23-19-13-3)47-67(75(65)91-37-39-93-77(83)55(7)8)51-63-43-58(30-26-22-18-12-2)44-64(74(63)90-36-34-88-72(82)54-70(80)86-16-6)52-68-48-60(32-28-24-20-14-4)46-66(76(68)92-38-40-94-78(84)56(9)10)50-62(42-57)73(61)89-35-33-87-71(81)53-69(79)85-15-5/h41-48H,7,9,11-40,49-54H2,1-6,8,10H3. The van der Waals surface area contributed by atoms with Crippen LogP contribution in [0, 0.1) is 0 Å². The molecular formula is C78H108O16. The van der Waals surface area contributed by atoms with Gasteiger partial charge in [-0.1, -0.05) is 166 Å². The number of fused-ring (bicyclic) bond motifs is 8. The van der Waals surface area contributed by atoms with Crippen LogP contribution >= 0.6 is 0 Å². The third-order valence-electron chi connectivity index (χ3n) is 16.2. The van der Waals surface area contributed by atoms with Crippen molar-refractivity contribution in [3.05, 3.63) is 140 Å². The number of benzene rings is 4. The molecule has 0 aliphatic heterocycles. The fourth-order valence-corrected chi connectivity index (χ4v) is 11.7. The Morgan fingerprint density at radius 2 is 0.532 bits per heavy atom. The van der Waals surface area contributed by atoms with Crippen LogP contribution in [0.25, 0.3) is 0 Å². The van der Waals surface area contributed by atoms with E-state index in [4.69, 9.17) is 47.4 Å². The Bertz CT molecular complexity index is 2800. The molecule has 4 aromatic carbocycles. The monoisotopic (exact) mass is 1300 g/mol. The summed E-state index contributed by atoms with van der Waals surface area (Å²) in [6, 6.07) is 17.9. The van der Waals surface area contributed by atoms with E-state index in [-0.39, 0.29) is 77.2 Å². The van der Waals surface area contributed by atoms with Crippen LogP contribution in [-0.4, -0.2) is 102 Å². The fraction of sp³-hybridized carbons (Fsp3) is 0.564. The lowest BCUT2D eigenvalue weighted by Gasteiger charge is -2.25. The summed E-state index contributed by atoms with van der Waals surface area (Å²) in [5.74, 6) is -1.36. The maximum absolute atomic E-state index is 13.0. The first-order valence-electron chi connectivity index (χ1n) is 34.9. The van der Waals surface area contributed by atoms with E-state index >= 15 is 0 Å². The van der Waals surface area contributed by atoms with E-state index in [0.717, 1.165) is 195 Å². The van der Waals surface area contributed by atoms with Gasteiger partial charge in [0, 0.05) is 36.8 Å². The van der Waals surface area contributed by atoms with Gasteiger partial charge in [-0.2, -0.15) is 0 Å². The molecule has 94 heavy (non-hydrogen) atoms. The number of aryl methyl sites for hydroxylation is 4. The SMILES string of the molecule is C=C(C)C(=O)OCCOc1c2cc(CCCCCC)cc1Cc1cc(CCCCCC)cc(c1OCCOC(=O)CC(=O)OCC)Cc1cc(CCCCCC)cc(c1OCCOC(=O)C(=C)C)Cc1cc(CCCCCC)cc(c1OCCOC(=O)CC(=O)OCC)C2. The quantitative estimate of drug-likeness (QED) is 0.0117. The third kappa shape index (κ3) is 27.4. The molecule has 516 valence electrons. The molecule has 8 bridgehead atoms. The molecule has 16 heteroatoms. The highest BCUT2D eigenvalue weighted by molar-refractivity contribution is 5.91. The average molecular weight is 1300 g/mol. The van der Waals surface area contributed by atoms with Gasteiger partial charge in [0.2, 0.25) is 0 Å². The minimum Gasteiger partial charge on any atom is -0.489 e. The van der Waals surface area contributed by atoms with Crippen molar-refractivity contribution in [1.82, 2.24) is 0 Å². The molecule has 1 aliphatic rings. The van der Waals surface area contributed by atoms with Crippen LogP contribution in [0.4, 0.5) is 0 Å². The highest BCUT2D eigenvalue weighted by Gasteiger charge is 2.26. The second-order valence-electron chi connectivity index (χ2n) is 24.6. The van der Waals surface area contributed by atoms with Gasteiger partial charge >= 0.3 is 35.8 Å². The predicted octanol–water partition coefficient (Wildman–Crippen LogP) is 15.6. The molecule has 5 rings (SSSR count). The third-order valence-corrected chi connectivity index (χ3v) is 16.2. The van der Waals surface area contributed by atoms with Crippen molar-refractivity contribution in [1.29, 1.82) is 0 Å². The number of unbranched alkanes of at least 4 members (excludes halogenated alkanes) is 12. The van der Waals surface area contributed by atoms with Crippen LogP contribution in [0.1, 0.15) is 238 Å².